The number of carbonyl (C=O) groups excluding carboxylic acids is 1. The smallest absolute Gasteiger partial charge is 0.449 e. The summed E-state index contributed by atoms with van der Waals surface area (Å²) in [6.45, 7) is 0. The number of hydrogen-bond donors (Lipinski definition) is 2. The first-order valence-electron chi connectivity index (χ1n) is 5.79. The zero-order chi connectivity index (χ0) is 15.7. The molecule has 21 heavy (non-hydrogen) atoms. The van der Waals surface area contributed by atoms with Crippen molar-refractivity contribution in [3.63, 3.8) is 0 Å². The van der Waals surface area contributed by atoms with E-state index in [1.807, 2.05) is 60.7 Å². The molecule has 0 aromatic heterocycles. The van der Waals surface area contributed by atoms with Gasteiger partial charge in [0.1, 0.15) is 0 Å². The van der Waals surface area contributed by atoms with Crippen molar-refractivity contribution in [3.8, 4) is 0 Å². The molecule has 0 heterocycles. The number of ketones is 1. The van der Waals surface area contributed by atoms with E-state index in [4.69, 9.17) is 10.2 Å². The molecule has 2 N–H and O–H groups in total. The highest BCUT2D eigenvalue weighted by Gasteiger charge is 2.06. The summed E-state index contributed by atoms with van der Waals surface area (Å²) in [4.78, 5) is 30.3. The van der Waals surface area contributed by atoms with E-state index in [9.17, 15) is 14.4 Å². The van der Waals surface area contributed by atoms with Gasteiger partial charge in [0.25, 0.3) is 0 Å². The van der Waals surface area contributed by atoms with Crippen LogP contribution in [0.4, 0.5) is 9.59 Å². The summed E-state index contributed by atoms with van der Waals surface area (Å²) in [6.07, 6.45) is -3.62. The third kappa shape index (κ3) is 6.02. The Balaban J connectivity index is 0.000000270. The summed E-state index contributed by atoms with van der Waals surface area (Å²) >= 11 is 0. The van der Waals surface area contributed by atoms with Gasteiger partial charge >= 0.3 is 12.3 Å². The molecule has 0 aliphatic heterocycles. The molecule has 0 saturated carbocycles. The lowest BCUT2D eigenvalue weighted by Gasteiger charge is -1.99. The minimum Gasteiger partial charge on any atom is -0.449 e. The molecule has 2 rings (SSSR count). The Bertz CT molecular complexity index is 553. The lowest BCUT2D eigenvalue weighted by atomic mass is 10.0. The minimum absolute atomic E-state index is 0.0752. The molecule has 0 amide bonds. The molecule has 0 spiro atoms. The van der Waals surface area contributed by atoms with Gasteiger partial charge < -0.3 is 14.9 Å². The Morgan fingerprint density at radius 1 is 0.667 bits per heavy atom. The summed E-state index contributed by atoms with van der Waals surface area (Å²) in [5, 5.41) is 15.0. The number of carboxylic acid groups (broad SMARTS) is 2. The second-order valence-electron chi connectivity index (χ2n) is 3.70. The van der Waals surface area contributed by atoms with Crippen molar-refractivity contribution in [3.05, 3.63) is 71.8 Å². The van der Waals surface area contributed by atoms with Gasteiger partial charge in [-0.1, -0.05) is 60.7 Å². The first kappa shape index (κ1) is 15.9. The van der Waals surface area contributed by atoms with E-state index >= 15 is 0 Å². The van der Waals surface area contributed by atoms with Crippen molar-refractivity contribution < 1.29 is 29.3 Å². The average Bonchev–Trinajstić information content (AvgIpc) is 2.47. The fourth-order valence-corrected chi connectivity index (χ4v) is 1.42. The van der Waals surface area contributed by atoms with Gasteiger partial charge in [-0.3, -0.25) is 4.79 Å². The van der Waals surface area contributed by atoms with Crippen molar-refractivity contribution in [2.24, 2.45) is 0 Å². The normalized spacial score (nSPS) is 8.95. The molecule has 0 radical (unpaired) electrons. The first-order valence-corrected chi connectivity index (χ1v) is 5.79. The van der Waals surface area contributed by atoms with E-state index in [1.165, 1.54) is 0 Å². The van der Waals surface area contributed by atoms with Crippen LogP contribution in [0.5, 0.6) is 0 Å². The lowest BCUT2D eigenvalue weighted by Crippen LogP contribution is -2.05. The van der Waals surface area contributed by atoms with Crippen molar-refractivity contribution >= 4 is 18.1 Å². The quantitative estimate of drug-likeness (QED) is 0.499. The standard InChI is InChI=1S/C13H10O.C2H2O5/c14-13(11-7-3-1-4-8-11)12-9-5-2-6-10-12;3-1(4)7-2(5)6/h1-10H;(H,3,4)(H,5,6). The van der Waals surface area contributed by atoms with E-state index in [1.54, 1.807) is 0 Å². The lowest BCUT2D eigenvalue weighted by molar-refractivity contribution is 0.0801. The van der Waals surface area contributed by atoms with Gasteiger partial charge in [0.2, 0.25) is 0 Å². The van der Waals surface area contributed by atoms with Crippen molar-refractivity contribution in [1.29, 1.82) is 0 Å². The Morgan fingerprint density at radius 3 is 1.24 bits per heavy atom. The zero-order valence-electron chi connectivity index (χ0n) is 10.8. The van der Waals surface area contributed by atoms with E-state index in [0.717, 1.165) is 11.1 Å². The second kappa shape index (κ2) is 8.11. The van der Waals surface area contributed by atoms with Crippen LogP contribution in [-0.4, -0.2) is 28.3 Å². The van der Waals surface area contributed by atoms with E-state index in [2.05, 4.69) is 4.74 Å². The molecule has 0 aliphatic carbocycles. The number of hydrogen-bond acceptors (Lipinski definition) is 4. The van der Waals surface area contributed by atoms with Crippen LogP contribution in [0, 0.1) is 0 Å². The Labute approximate surface area is 120 Å². The van der Waals surface area contributed by atoms with Gasteiger partial charge in [-0.25, -0.2) is 9.59 Å². The maximum atomic E-state index is 11.8. The molecular formula is C15H12O6. The summed E-state index contributed by atoms with van der Waals surface area (Å²) in [7, 11) is 0. The topological polar surface area (TPSA) is 101 Å². The maximum absolute atomic E-state index is 11.8. The van der Waals surface area contributed by atoms with Crippen LogP contribution in [0.2, 0.25) is 0 Å². The molecule has 0 saturated heterocycles. The number of benzene rings is 2. The van der Waals surface area contributed by atoms with Crippen LogP contribution >= 0.6 is 0 Å². The number of rotatable bonds is 2. The van der Waals surface area contributed by atoms with Crippen molar-refractivity contribution in [2.45, 2.75) is 0 Å². The van der Waals surface area contributed by atoms with Crippen LogP contribution in [0.3, 0.4) is 0 Å². The van der Waals surface area contributed by atoms with E-state index < -0.39 is 12.3 Å². The van der Waals surface area contributed by atoms with Gasteiger partial charge in [-0.05, 0) is 0 Å². The zero-order valence-corrected chi connectivity index (χ0v) is 10.8. The third-order valence-corrected chi connectivity index (χ3v) is 2.25. The molecule has 0 fully saturated rings. The molecule has 0 bridgehead atoms. The number of ether oxygens (including phenoxy) is 1. The molecule has 2 aromatic rings. The molecule has 6 heteroatoms. The van der Waals surface area contributed by atoms with Crippen molar-refractivity contribution in [1.82, 2.24) is 0 Å². The highest BCUT2D eigenvalue weighted by molar-refractivity contribution is 6.08. The fraction of sp³-hybridized carbons (Fsp3) is 0. The van der Waals surface area contributed by atoms with Crippen LogP contribution in [0.25, 0.3) is 0 Å². The maximum Gasteiger partial charge on any atom is 0.516 e. The Hall–Kier alpha value is -3.15. The fourth-order valence-electron chi connectivity index (χ4n) is 1.42. The third-order valence-electron chi connectivity index (χ3n) is 2.25. The minimum atomic E-state index is -1.81. The monoisotopic (exact) mass is 288 g/mol. The molecule has 0 aliphatic rings. The van der Waals surface area contributed by atoms with Crippen LogP contribution in [0.1, 0.15) is 15.9 Å². The Morgan fingerprint density at radius 2 is 1.00 bits per heavy atom. The van der Waals surface area contributed by atoms with E-state index in [0.29, 0.717) is 0 Å². The van der Waals surface area contributed by atoms with Crippen LogP contribution < -0.4 is 0 Å². The summed E-state index contributed by atoms with van der Waals surface area (Å²) in [6, 6.07) is 18.6. The van der Waals surface area contributed by atoms with Gasteiger partial charge in [0.05, 0.1) is 0 Å². The molecule has 0 unspecified atom stereocenters. The average molecular weight is 288 g/mol. The SMILES string of the molecule is O=C(O)OC(=O)O.O=C(c1ccccc1)c1ccccc1. The molecule has 2 aromatic carbocycles. The van der Waals surface area contributed by atoms with Crippen LogP contribution in [0.15, 0.2) is 60.7 Å². The number of carbonyl (C=O) groups is 3. The summed E-state index contributed by atoms with van der Waals surface area (Å²) in [5.41, 5.74) is 1.47. The molecule has 0 atom stereocenters. The predicted octanol–water partition coefficient (Wildman–Crippen LogP) is 3.28. The predicted molar refractivity (Wildman–Crippen MR) is 73.5 cm³/mol. The summed E-state index contributed by atoms with van der Waals surface area (Å²) < 4.78 is 3.08. The van der Waals surface area contributed by atoms with Gasteiger partial charge in [-0.2, -0.15) is 0 Å². The molecular weight excluding hydrogens is 276 g/mol. The van der Waals surface area contributed by atoms with Gasteiger partial charge in [0.15, 0.2) is 5.78 Å². The Kier molecular flexibility index (Phi) is 6.14. The highest BCUT2D eigenvalue weighted by atomic mass is 16.7. The highest BCUT2D eigenvalue weighted by Crippen LogP contribution is 2.08. The van der Waals surface area contributed by atoms with Crippen LogP contribution in [-0.2, 0) is 4.74 Å². The molecule has 108 valence electrons. The van der Waals surface area contributed by atoms with Gasteiger partial charge in [0, 0.05) is 11.1 Å². The van der Waals surface area contributed by atoms with E-state index in [-0.39, 0.29) is 5.78 Å². The van der Waals surface area contributed by atoms with Crippen molar-refractivity contribution in [2.75, 3.05) is 0 Å². The first-order chi connectivity index (χ1) is 10.0. The largest absolute Gasteiger partial charge is 0.516 e. The van der Waals surface area contributed by atoms with Gasteiger partial charge in [-0.15, -0.1) is 0 Å². The second-order valence-corrected chi connectivity index (χ2v) is 3.70. The summed E-state index contributed by atoms with van der Waals surface area (Å²) in [5.74, 6) is 0.0752. The molecule has 6 nitrogen and oxygen atoms in total.